The molecule has 0 saturated carbocycles. The highest BCUT2D eigenvalue weighted by molar-refractivity contribution is 6.23. The highest BCUT2D eigenvalue weighted by atomic mass is 16.6. The van der Waals surface area contributed by atoms with Crippen LogP contribution in [0, 0.1) is 6.92 Å². The molecule has 8 heteroatoms. The van der Waals surface area contributed by atoms with Gasteiger partial charge in [-0.25, -0.2) is 14.5 Å². The number of esters is 1. The summed E-state index contributed by atoms with van der Waals surface area (Å²) in [6, 6.07) is 18.1. The van der Waals surface area contributed by atoms with Gasteiger partial charge in [0.1, 0.15) is 11.1 Å². The molecule has 3 aromatic rings. The molecular formula is C31H34N4O4. The predicted octanol–water partition coefficient (Wildman–Crippen LogP) is 5.10. The molecular weight excluding hydrogens is 492 g/mol. The van der Waals surface area contributed by atoms with Gasteiger partial charge in [-0.15, -0.1) is 0 Å². The summed E-state index contributed by atoms with van der Waals surface area (Å²) in [4.78, 5) is 46.8. The number of amides is 3. The molecule has 2 aliphatic heterocycles. The van der Waals surface area contributed by atoms with E-state index in [1.807, 2.05) is 51.1 Å². The Morgan fingerprint density at radius 1 is 0.974 bits per heavy atom. The highest BCUT2D eigenvalue weighted by Gasteiger charge is 2.52. The van der Waals surface area contributed by atoms with E-state index in [0.717, 1.165) is 28.9 Å². The van der Waals surface area contributed by atoms with E-state index in [1.165, 1.54) is 4.90 Å². The summed E-state index contributed by atoms with van der Waals surface area (Å²) in [6.45, 7) is 9.69. The molecule has 2 aromatic carbocycles. The molecule has 202 valence electrons. The van der Waals surface area contributed by atoms with Crippen molar-refractivity contribution < 1.29 is 19.1 Å². The number of nitrogens with zero attached hydrogens (tertiary/aromatic N) is 3. The Morgan fingerprint density at radius 2 is 1.59 bits per heavy atom. The first-order valence-electron chi connectivity index (χ1n) is 13.3. The number of aromatic nitrogens is 1. The zero-order valence-corrected chi connectivity index (χ0v) is 22.9. The molecule has 3 heterocycles. The van der Waals surface area contributed by atoms with Gasteiger partial charge in [-0.2, -0.15) is 0 Å². The average molecular weight is 527 g/mol. The van der Waals surface area contributed by atoms with Crippen LogP contribution in [0.1, 0.15) is 55.2 Å². The second kappa shape index (κ2) is 10.3. The van der Waals surface area contributed by atoms with Crippen molar-refractivity contribution in [3.05, 3.63) is 83.7 Å². The van der Waals surface area contributed by atoms with Crippen molar-refractivity contribution in [3.8, 4) is 11.1 Å². The predicted molar refractivity (Wildman–Crippen MR) is 149 cm³/mol. The van der Waals surface area contributed by atoms with Crippen molar-refractivity contribution in [2.45, 2.75) is 58.2 Å². The van der Waals surface area contributed by atoms with Crippen LogP contribution in [0.15, 0.2) is 66.9 Å². The van der Waals surface area contributed by atoms with Crippen LogP contribution in [0.4, 0.5) is 10.5 Å². The number of pyridine rings is 1. The summed E-state index contributed by atoms with van der Waals surface area (Å²) < 4.78 is 5.43. The summed E-state index contributed by atoms with van der Waals surface area (Å²) in [5.41, 5.74) is 3.61. The maximum absolute atomic E-state index is 13.5. The molecule has 0 radical (unpaired) electrons. The van der Waals surface area contributed by atoms with E-state index in [9.17, 15) is 14.4 Å². The minimum atomic E-state index is -0.872. The van der Waals surface area contributed by atoms with Gasteiger partial charge in [0.25, 0.3) is 5.91 Å². The minimum Gasteiger partial charge on any atom is -0.456 e. The third-order valence-electron chi connectivity index (χ3n) is 7.34. The third-order valence-corrected chi connectivity index (χ3v) is 7.34. The summed E-state index contributed by atoms with van der Waals surface area (Å²) in [5.74, 6) is -0.565. The van der Waals surface area contributed by atoms with E-state index in [0.29, 0.717) is 37.2 Å². The Balaban J connectivity index is 1.24. The molecule has 1 aromatic heterocycles. The van der Waals surface area contributed by atoms with Crippen LogP contribution < -0.4 is 10.2 Å². The van der Waals surface area contributed by atoms with Crippen LogP contribution in [-0.4, -0.2) is 52.0 Å². The van der Waals surface area contributed by atoms with Crippen LogP contribution >= 0.6 is 0 Å². The number of urea groups is 1. The number of carbonyl (C=O) groups is 3. The fraction of sp³-hybridized carbons (Fsp3) is 0.355. The maximum Gasteiger partial charge on any atom is 0.338 e. The molecule has 2 saturated heterocycles. The molecule has 5 rings (SSSR count). The molecule has 0 aliphatic carbocycles. The SMILES string of the molecule is Cc1cccnc1CN1CCC2(CC1)NC(=O)N(c1ccc(-c3ccc(C(=O)OC(C)(C)C)cc3)cc1)C2=O. The Kier molecular flexibility index (Phi) is 6.99. The number of ether oxygens (including phenoxy) is 1. The van der Waals surface area contributed by atoms with Crippen molar-refractivity contribution in [1.82, 2.24) is 15.2 Å². The van der Waals surface area contributed by atoms with Crippen LogP contribution in [0.3, 0.4) is 0 Å². The summed E-state index contributed by atoms with van der Waals surface area (Å²) in [5, 5.41) is 2.99. The van der Waals surface area contributed by atoms with Gasteiger partial charge in [-0.05, 0) is 87.6 Å². The molecule has 1 spiro atoms. The number of likely N-dealkylation sites (tertiary alicyclic amines) is 1. The molecule has 3 amide bonds. The van der Waals surface area contributed by atoms with Crippen molar-refractivity contribution >= 4 is 23.6 Å². The lowest BCUT2D eigenvalue weighted by Gasteiger charge is -2.37. The van der Waals surface area contributed by atoms with Gasteiger partial charge in [-0.1, -0.05) is 30.3 Å². The van der Waals surface area contributed by atoms with E-state index >= 15 is 0 Å². The number of imide groups is 1. The molecule has 2 fully saturated rings. The number of hydrogen-bond acceptors (Lipinski definition) is 6. The van der Waals surface area contributed by atoms with Gasteiger partial charge in [0.15, 0.2) is 0 Å². The lowest BCUT2D eigenvalue weighted by molar-refractivity contribution is -0.123. The van der Waals surface area contributed by atoms with Crippen LogP contribution in [0.2, 0.25) is 0 Å². The monoisotopic (exact) mass is 526 g/mol. The maximum atomic E-state index is 13.5. The topological polar surface area (TPSA) is 91.8 Å². The largest absolute Gasteiger partial charge is 0.456 e. The number of carbonyl (C=O) groups excluding carboxylic acids is 3. The molecule has 0 bridgehead atoms. The van der Waals surface area contributed by atoms with Crippen LogP contribution in [-0.2, 0) is 16.1 Å². The second-order valence-electron chi connectivity index (χ2n) is 11.3. The Morgan fingerprint density at radius 3 is 2.18 bits per heavy atom. The first-order valence-corrected chi connectivity index (χ1v) is 13.3. The van der Waals surface area contributed by atoms with Gasteiger partial charge in [-0.3, -0.25) is 14.7 Å². The second-order valence-corrected chi connectivity index (χ2v) is 11.3. The fourth-order valence-electron chi connectivity index (χ4n) is 5.12. The van der Waals surface area contributed by atoms with E-state index in [1.54, 1.807) is 30.5 Å². The minimum absolute atomic E-state index is 0.198. The number of anilines is 1. The fourth-order valence-corrected chi connectivity index (χ4v) is 5.12. The number of benzene rings is 2. The lowest BCUT2D eigenvalue weighted by atomic mass is 9.87. The number of nitrogens with one attached hydrogen (secondary N) is 1. The average Bonchev–Trinajstić information content (AvgIpc) is 3.14. The van der Waals surface area contributed by atoms with E-state index in [2.05, 4.69) is 28.2 Å². The lowest BCUT2D eigenvalue weighted by Crippen LogP contribution is -2.54. The molecule has 1 N–H and O–H groups in total. The van der Waals surface area contributed by atoms with E-state index < -0.39 is 11.1 Å². The molecule has 2 aliphatic rings. The Hall–Kier alpha value is -4.04. The molecule has 0 unspecified atom stereocenters. The summed E-state index contributed by atoms with van der Waals surface area (Å²) in [7, 11) is 0. The van der Waals surface area contributed by atoms with E-state index in [4.69, 9.17) is 4.74 Å². The zero-order valence-electron chi connectivity index (χ0n) is 22.9. The van der Waals surface area contributed by atoms with Crippen LogP contribution in [0.25, 0.3) is 11.1 Å². The Bertz CT molecular complexity index is 1390. The van der Waals surface area contributed by atoms with Gasteiger partial charge < -0.3 is 10.1 Å². The van der Waals surface area contributed by atoms with Crippen molar-refractivity contribution in [2.24, 2.45) is 0 Å². The quantitative estimate of drug-likeness (QED) is 0.367. The normalized spacial score (nSPS) is 17.4. The standard InChI is InChI=1S/C31H34N4O4/c1-21-6-5-17-32-26(21)20-34-18-15-31(16-19-34)28(37)35(29(38)33-31)25-13-11-23(12-14-25)22-7-9-24(10-8-22)27(36)39-30(2,3)4/h5-14,17H,15-16,18-20H2,1-4H3,(H,33,38). The highest BCUT2D eigenvalue weighted by Crippen LogP contribution is 2.34. The van der Waals surface area contributed by atoms with Crippen molar-refractivity contribution in [3.63, 3.8) is 0 Å². The number of hydrogen-bond donors (Lipinski definition) is 1. The Labute approximate surface area is 229 Å². The first-order chi connectivity index (χ1) is 18.5. The number of piperidine rings is 1. The zero-order chi connectivity index (χ0) is 27.8. The number of rotatable bonds is 5. The smallest absolute Gasteiger partial charge is 0.338 e. The number of aryl methyl sites for hydroxylation is 1. The first kappa shape index (κ1) is 26.6. The van der Waals surface area contributed by atoms with Gasteiger partial charge in [0.05, 0.1) is 16.9 Å². The van der Waals surface area contributed by atoms with Crippen molar-refractivity contribution in [2.75, 3.05) is 18.0 Å². The summed E-state index contributed by atoms with van der Waals surface area (Å²) >= 11 is 0. The molecule has 0 atom stereocenters. The molecule has 8 nitrogen and oxygen atoms in total. The summed E-state index contributed by atoms with van der Waals surface area (Å²) in [6.07, 6.45) is 2.92. The van der Waals surface area contributed by atoms with E-state index in [-0.39, 0.29) is 17.9 Å². The van der Waals surface area contributed by atoms with Gasteiger partial charge in [0.2, 0.25) is 0 Å². The van der Waals surface area contributed by atoms with Crippen LogP contribution in [0.5, 0.6) is 0 Å². The molecule has 39 heavy (non-hydrogen) atoms. The van der Waals surface area contributed by atoms with Gasteiger partial charge in [0, 0.05) is 25.8 Å². The van der Waals surface area contributed by atoms with Gasteiger partial charge >= 0.3 is 12.0 Å². The third kappa shape index (κ3) is 5.56. The van der Waals surface area contributed by atoms with Crippen molar-refractivity contribution in [1.29, 1.82) is 0 Å².